The van der Waals surface area contributed by atoms with Gasteiger partial charge in [0.15, 0.2) is 0 Å². The van der Waals surface area contributed by atoms with E-state index in [0.717, 1.165) is 5.56 Å². The molecule has 0 saturated carbocycles. The number of H-pyrrole nitrogens is 1. The molecule has 1 N–H and O–H groups in total. The van der Waals surface area contributed by atoms with Gasteiger partial charge in [-0.25, -0.2) is 0 Å². The van der Waals surface area contributed by atoms with Gasteiger partial charge in [0.1, 0.15) is 17.4 Å². The number of aromatic nitrogens is 1. The van der Waals surface area contributed by atoms with Crippen molar-refractivity contribution < 1.29 is 4.74 Å². The zero-order chi connectivity index (χ0) is 12.3. The summed E-state index contributed by atoms with van der Waals surface area (Å²) in [5, 5.41) is 9.01. The summed E-state index contributed by atoms with van der Waals surface area (Å²) < 4.78 is 5.22. The van der Waals surface area contributed by atoms with Crippen molar-refractivity contribution in [2.45, 2.75) is 0 Å². The number of para-hydroxylation sites is 1. The molecule has 2 rings (SSSR count). The zero-order valence-electron chi connectivity index (χ0n) is 9.23. The summed E-state index contributed by atoms with van der Waals surface area (Å²) in [6, 6.07) is 10.9. The molecular formula is C13H10N2O2. The second-order valence-corrected chi connectivity index (χ2v) is 3.41. The molecule has 0 fully saturated rings. The third-order valence-corrected chi connectivity index (χ3v) is 2.47. The molecular weight excluding hydrogens is 216 g/mol. The van der Waals surface area contributed by atoms with Gasteiger partial charge in [-0.05, 0) is 12.1 Å². The summed E-state index contributed by atoms with van der Waals surface area (Å²) >= 11 is 0. The van der Waals surface area contributed by atoms with Crippen molar-refractivity contribution >= 4 is 0 Å². The van der Waals surface area contributed by atoms with Crippen LogP contribution in [-0.4, -0.2) is 12.1 Å². The first-order chi connectivity index (χ1) is 8.27. The third kappa shape index (κ3) is 1.91. The number of rotatable bonds is 2. The van der Waals surface area contributed by atoms with E-state index < -0.39 is 5.56 Å². The van der Waals surface area contributed by atoms with E-state index in [1.54, 1.807) is 19.2 Å². The lowest BCUT2D eigenvalue weighted by Crippen LogP contribution is -2.10. The normalized spacial score (nSPS) is 9.65. The van der Waals surface area contributed by atoms with Gasteiger partial charge in [-0.3, -0.25) is 4.79 Å². The van der Waals surface area contributed by atoms with E-state index in [-0.39, 0.29) is 5.56 Å². The molecule has 2 aromatic rings. The van der Waals surface area contributed by atoms with Crippen LogP contribution in [0.5, 0.6) is 5.75 Å². The standard InChI is InChI=1S/C13H10N2O2/c1-17-12-5-3-2-4-10(12)9-6-7-15-13(16)11(9)8-14/h2-7H,1H3,(H,15,16). The summed E-state index contributed by atoms with van der Waals surface area (Å²) in [6.07, 6.45) is 1.52. The minimum atomic E-state index is -0.393. The summed E-state index contributed by atoms with van der Waals surface area (Å²) in [4.78, 5) is 14.0. The summed E-state index contributed by atoms with van der Waals surface area (Å²) in [5.41, 5.74) is 1.01. The van der Waals surface area contributed by atoms with Crippen LogP contribution in [0.2, 0.25) is 0 Å². The van der Waals surface area contributed by atoms with E-state index in [4.69, 9.17) is 10.00 Å². The predicted molar refractivity (Wildman–Crippen MR) is 63.8 cm³/mol. The van der Waals surface area contributed by atoms with Gasteiger partial charge in [-0.1, -0.05) is 18.2 Å². The van der Waals surface area contributed by atoms with Crippen molar-refractivity contribution in [2.75, 3.05) is 7.11 Å². The Morgan fingerprint density at radius 1 is 1.24 bits per heavy atom. The fourth-order valence-electron chi connectivity index (χ4n) is 1.68. The molecule has 1 heterocycles. The summed E-state index contributed by atoms with van der Waals surface area (Å²) in [7, 11) is 1.55. The Bertz CT molecular complexity index is 638. The van der Waals surface area contributed by atoms with E-state index >= 15 is 0 Å². The number of hydrogen-bond acceptors (Lipinski definition) is 3. The number of aromatic amines is 1. The molecule has 0 aliphatic rings. The van der Waals surface area contributed by atoms with E-state index in [1.165, 1.54) is 6.20 Å². The molecule has 4 heteroatoms. The number of nitrogens with one attached hydrogen (secondary N) is 1. The van der Waals surface area contributed by atoms with Crippen molar-refractivity contribution in [2.24, 2.45) is 0 Å². The van der Waals surface area contributed by atoms with Gasteiger partial charge in [0.2, 0.25) is 0 Å². The first kappa shape index (κ1) is 11.0. The molecule has 0 spiro atoms. The highest BCUT2D eigenvalue weighted by Crippen LogP contribution is 2.30. The van der Waals surface area contributed by atoms with Crippen LogP contribution in [-0.2, 0) is 0 Å². The minimum Gasteiger partial charge on any atom is -0.496 e. The van der Waals surface area contributed by atoms with Crippen LogP contribution in [0.15, 0.2) is 41.3 Å². The van der Waals surface area contributed by atoms with Crippen LogP contribution in [0.25, 0.3) is 11.1 Å². The lowest BCUT2D eigenvalue weighted by molar-refractivity contribution is 0.416. The SMILES string of the molecule is COc1ccccc1-c1cc[nH]c(=O)c1C#N. The number of pyridine rings is 1. The fourth-order valence-corrected chi connectivity index (χ4v) is 1.68. The zero-order valence-corrected chi connectivity index (χ0v) is 9.23. The number of methoxy groups -OCH3 is 1. The van der Waals surface area contributed by atoms with Crippen molar-refractivity contribution in [1.29, 1.82) is 5.26 Å². The summed E-state index contributed by atoms with van der Waals surface area (Å²) in [6.45, 7) is 0. The van der Waals surface area contributed by atoms with E-state index in [1.807, 2.05) is 24.3 Å². The van der Waals surface area contributed by atoms with Gasteiger partial charge < -0.3 is 9.72 Å². The third-order valence-electron chi connectivity index (χ3n) is 2.47. The van der Waals surface area contributed by atoms with Gasteiger partial charge in [-0.2, -0.15) is 5.26 Å². The van der Waals surface area contributed by atoms with E-state index in [9.17, 15) is 4.79 Å². The maximum absolute atomic E-state index is 11.5. The monoisotopic (exact) mass is 226 g/mol. The second-order valence-electron chi connectivity index (χ2n) is 3.41. The first-order valence-electron chi connectivity index (χ1n) is 5.03. The maximum atomic E-state index is 11.5. The quantitative estimate of drug-likeness (QED) is 0.850. The molecule has 4 nitrogen and oxygen atoms in total. The molecule has 0 amide bonds. The molecule has 0 saturated heterocycles. The fraction of sp³-hybridized carbons (Fsp3) is 0.0769. The Morgan fingerprint density at radius 2 is 2.00 bits per heavy atom. The van der Waals surface area contributed by atoms with Crippen LogP contribution in [0.4, 0.5) is 0 Å². The average molecular weight is 226 g/mol. The number of nitriles is 1. The number of hydrogen-bond donors (Lipinski definition) is 1. The maximum Gasteiger partial charge on any atom is 0.266 e. The highest BCUT2D eigenvalue weighted by molar-refractivity contribution is 5.74. The molecule has 0 atom stereocenters. The molecule has 1 aromatic carbocycles. The Balaban J connectivity index is 2.74. The van der Waals surface area contributed by atoms with Crippen molar-refractivity contribution in [3.8, 4) is 22.9 Å². The highest BCUT2D eigenvalue weighted by atomic mass is 16.5. The lowest BCUT2D eigenvalue weighted by Gasteiger charge is -2.08. The van der Waals surface area contributed by atoms with Crippen LogP contribution < -0.4 is 10.3 Å². The second kappa shape index (κ2) is 4.54. The van der Waals surface area contributed by atoms with Gasteiger partial charge in [0.05, 0.1) is 7.11 Å². The Hall–Kier alpha value is -2.54. The molecule has 0 bridgehead atoms. The first-order valence-corrected chi connectivity index (χ1v) is 5.03. The Labute approximate surface area is 98.1 Å². The van der Waals surface area contributed by atoms with Gasteiger partial charge in [-0.15, -0.1) is 0 Å². The molecule has 0 radical (unpaired) electrons. The molecule has 1 aromatic heterocycles. The number of ether oxygens (including phenoxy) is 1. The van der Waals surface area contributed by atoms with Crippen molar-refractivity contribution in [3.63, 3.8) is 0 Å². The minimum absolute atomic E-state index is 0.0944. The van der Waals surface area contributed by atoms with Crippen LogP contribution in [0, 0.1) is 11.3 Å². The predicted octanol–water partition coefficient (Wildman–Crippen LogP) is 1.92. The largest absolute Gasteiger partial charge is 0.496 e. The van der Waals surface area contributed by atoms with E-state index in [2.05, 4.69) is 4.98 Å². The topological polar surface area (TPSA) is 65.9 Å². The van der Waals surface area contributed by atoms with E-state index in [0.29, 0.717) is 11.3 Å². The van der Waals surface area contributed by atoms with Crippen LogP contribution >= 0.6 is 0 Å². The van der Waals surface area contributed by atoms with Crippen LogP contribution in [0.3, 0.4) is 0 Å². The molecule has 0 aliphatic heterocycles. The average Bonchev–Trinajstić information content (AvgIpc) is 2.38. The van der Waals surface area contributed by atoms with Gasteiger partial charge in [0.25, 0.3) is 5.56 Å². The van der Waals surface area contributed by atoms with Crippen LogP contribution in [0.1, 0.15) is 5.56 Å². The number of nitrogens with zero attached hydrogens (tertiary/aromatic N) is 1. The smallest absolute Gasteiger partial charge is 0.266 e. The number of benzene rings is 1. The summed E-state index contributed by atoms with van der Waals surface area (Å²) in [5.74, 6) is 0.634. The van der Waals surface area contributed by atoms with Gasteiger partial charge in [0, 0.05) is 17.3 Å². The Kier molecular flexibility index (Phi) is 2.93. The molecule has 0 aliphatic carbocycles. The molecule has 84 valence electrons. The Morgan fingerprint density at radius 3 is 2.71 bits per heavy atom. The van der Waals surface area contributed by atoms with Crippen molar-refractivity contribution in [1.82, 2.24) is 4.98 Å². The highest BCUT2D eigenvalue weighted by Gasteiger charge is 2.11. The molecule has 17 heavy (non-hydrogen) atoms. The van der Waals surface area contributed by atoms with Crippen molar-refractivity contribution in [3.05, 3.63) is 52.4 Å². The van der Waals surface area contributed by atoms with Gasteiger partial charge >= 0.3 is 0 Å². The lowest BCUT2D eigenvalue weighted by atomic mass is 10.0. The molecule has 0 unspecified atom stereocenters.